The van der Waals surface area contributed by atoms with Gasteiger partial charge >= 0.3 is 0 Å². The van der Waals surface area contributed by atoms with E-state index in [4.69, 9.17) is 9.47 Å². The summed E-state index contributed by atoms with van der Waals surface area (Å²) in [6.07, 6.45) is 0. The van der Waals surface area contributed by atoms with Crippen molar-refractivity contribution in [3.05, 3.63) is 64.9 Å². The molecule has 1 aromatic heterocycles. The van der Waals surface area contributed by atoms with Crippen molar-refractivity contribution in [3.63, 3.8) is 0 Å². The Labute approximate surface area is 143 Å². The molecule has 1 N–H and O–H groups in total. The van der Waals surface area contributed by atoms with E-state index in [9.17, 15) is 4.79 Å². The van der Waals surface area contributed by atoms with Gasteiger partial charge in [0.25, 0.3) is 5.91 Å². The summed E-state index contributed by atoms with van der Waals surface area (Å²) in [5.41, 5.74) is 2.67. The van der Waals surface area contributed by atoms with Gasteiger partial charge in [-0.3, -0.25) is 4.79 Å². The van der Waals surface area contributed by atoms with Gasteiger partial charge in [0, 0.05) is 17.3 Å². The van der Waals surface area contributed by atoms with E-state index >= 15 is 0 Å². The summed E-state index contributed by atoms with van der Waals surface area (Å²) in [6, 6.07) is 17.3. The fraction of sp³-hybridized carbons (Fsp3) is 0.105. The highest BCUT2D eigenvalue weighted by Crippen LogP contribution is 2.33. The van der Waals surface area contributed by atoms with E-state index in [2.05, 4.69) is 5.32 Å². The first kappa shape index (κ1) is 14.8. The Morgan fingerprint density at radius 1 is 0.958 bits per heavy atom. The SMILES string of the molecule is O=C(Nc1ccc2c(c1)OCCO2)c1sccc1-c1ccccc1. The highest BCUT2D eigenvalue weighted by Gasteiger charge is 2.17. The van der Waals surface area contributed by atoms with E-state index in [1.807, 2.05) is 53.9 Å². The molecule has 4 rings (SSSR count). The number of amides is 1. The van der Waals surface area contributed by atoms with Crippen LogP contribution in [-0.4, -0.2) is 19.1 Å². The Bertz CT molecular complexity index is 873. The van der Waals surface area contributed by atoms with E-state index in [-0.39, 0.29) is 5.91 Å². The number of nitrogens with one attached hydrogen (secondary N) is 1. The summed E-state index contributed by atoms with van der Waals surface area (Å²) in [5, 5.41) is 4.87. The summed E-state index contributed by atoms with van der Waals surface area (Å²) in [5.74, 6) is 1.24. The number of carbonyl (C=O) groups is 1. The van der Waals surface area contributed by atoms with Crippen LogP contribution in [0.25, 0.3) is 11.1 Å². The zero-order valence-corrected chi connectivity index (χ0v) is 13.6. The first-order valence-electron chi connectivity index (χ1n) is 7.65. The molecule has 1 aliphatic rings. The summed E-state index contributed by atoms with van der Waals surface area (Å²) >= 11 is 1.43. The molecule has 0 unspecified atom stereocenters. The average Bonchev–Trinajstić information content (AvgIpc) is 3.12. The Morgan fingerprint density at radius 3 is 2.58 bits per heavy atom. The number of ether oxygens (including phenoxy) is 2. The van der Waals surface area contributed by atoms with Crippen LogP contribution in [0.3, 0.4) is 0 Å². The minimum absolute atomic E-state index is 0.125. The fourth-order valence-electron chi connectivity index (χ4n) is 2.64. The van der Waals surface area contributed by atoms with Gasteiger partial charge in [-0.1, -0.05) is 30.3 Å². The molecule has 0 fully saturated rings. The first-order chi connectivity index (χ1) is 11.8. The summed E-state index contributed by atoms with van der Waals surface area (Å²) in [6.45, 7) is 1.07. The molecular formula is C19H15NO3S. The molecule has 0 atom stereocenters. The van der Waals surface area contributed by atoms with Crippen LogP contribution in [0, 0.1) is 0 Å². The van der Waals surface area contributed by atoms with Crippen molar-refractivity contribution in [2.24, 2.45) is 0 Å². The Balaban J connectivity index is 1.58. The van der Waals surface area contributed by atoms with E-state index < -0.39 is 0 Å². The van der Waals surface area contributed by atoms with Crippen LogP contribution in [0.4, 0.5) is 5.69 Å². The molecule has 0 radical (unpaired) electrons. The zero-order chi connectivity index (χ0) is 16.4. The van der Waals surface area contributed by atoms with E-state index in [1.165, 1.54) is 11.3 Å². The highest BCUT2D eigenvalue weighted by molar-refractivity contribution is 7.12. The molecule has 0 aliphatic carbocycles. The third-order valence-electron chi connectivity index (χ3n) is 3.76. The summed E-state index contributed by atoms with van der Waals surface area (Å²) < 4.78 is 11.1. The van der Waals surface area contributed by atoms with E-state index in [1.54, 1.807) is 6.07 Å². The molecule has 0 bridgehead atoms. The van der Waals surface area contributed by atoms with Crippen molar-refractivity contribution >= 4 is 22.9 Å². The van der Waals surface area contributed by atoms with Gasteiger partial charge in [0.2, 0.25) is 0 Å². The van der Waals surface area contributed by atoms with Crippen molar-refractivity contribution in [3.8, 4) is 22.6 Å². The van der Waals surface area contributed by atoms with Crippen molar-refractivity contribution in [1.29, 1.82) is 0 Å². The van der Waals surface area contributed by atoms with Gasteiger partial charge in [0.05, 0.1) is 4.88 Å². The van der Waals surface area contributed by atoms with Crippen molar-refractivity contribution in [1.82, 2.24) is 0 Å². The lowest BCUT2D eigenvalue weighted by molar-refractivity contribution is 0.103. The van der Waals surface area contributed by atoms with Gasteiger partial charge in [-0.15, -0.1) is 11.3 Å². The molecule has 120 valence electrons. The Hall–Kier alpha value is -2.79. The van der Waals surface area contributed by atoms with Crippen molar-refractivity contribution in [2.45, 2.75) is 0 Å². The third-order valence-corrected chi connectivity index (χ3v) is 4.67. The molecule has 2 aromatic carbocycles. The monoisotopic (exact) mass is 337 g/mol. The normalized spacial score (nSPS) is 12.7. The first-order valence-corrected chi connectivity index (χ1v) is 8.53. The van der Waals surface area contributed by atoms with Crippen LogP contribution in [-0.2, 0) is 0 Å². The van der Waals surface area contributed by atoms with Crippen LogP contribution < -0.4 is 14.8 Å². The van der Waals surface area contributed by atoms with Crippen LogP contribution in [0.1, 0.15) is 9.67 Å². The minimum Gasteiger partial charge on any atom is -0.486 e. The van der Waals surface area contributed by atoms with Crippen LogP contribution in [0.5, 0.6) is 11.5 Å². The molecule has 2 heterocycles. The van der Waals surface area contributed by atoms with Gasteiger partial charge in [-0.25, -0.2) is 0 Å². The number of benzene rings is 2. The fourth-order valence-corrected chi connectivity index (χ4v) is 3.45. The molecule has 3 aromatic rings. The number of rotatable bonds is 3. The van der Waals surface area contributed by atoms with Gasteiger partial charge in [0.15, 0.2) is 11.5 Å². The lowest BCUT2D eigenvalue weighted by atomic mass is 10.1. The van der Waals surface area contributed by atoms with Gasteiger partial charge in [0.1, 0.15) is 13.2 Å². The molecule has 5 heteroatoms. The van der Waals surface area contributed by atoms with Crippen LogP contribution in [0.15, 0.2) is 60.0 Å². The smallest absolute Gasteiger partial charge is 0.266 e. The maximum atomic E-state index is 12.7. The second kappa shape index (κ2) is 6.37. The molecular weight excluding hydrogens is 322 g/mol. The topological polar surface area (TPSA) is 47.6 Å². The summed E-state index contributed by atoms with van der Waals surface area (Å²) in [7, 11) is 0. The molecule has 0 saturated carbocycles. The van der Waals surface area contributed by atoms with Gasteiger partial charge < -0.3 is 14.8 Å². The number of hydrogen-bond donors (Lipinski definition) is 1. The van der Waals surface area contributed by atoms with Crippen molar-refractivity contribution < 1.29 is 14.3 Å². The number of anilines is 1. The Morgan fingerprint density at radius 2 is 1.75 bits per heavy atom. The molecule has 1 amide bonds. The van der Waals surface area contributed by atoms with Crippen molar-refractivity contribution in [2.75, 3.05) is 18.5 Å². The molecule has 0 saturated heterocycles. The number of fused-ring (bicyclic) bond motifs is 1. The number of hydrogen-bond acceptors (Lipinski definition) is 4. The Kier molecular flexibility index (Phi) is 3.92. The standard InChI is InChI=1S/C19H15NO3S/c21-19(18-15(8-11-24-18)13-4-2-1-3-5-13)20-14-6-7-16-17(12-14)23-10-9-22-16/h1-8,11-12H,9-10H2,(H,20,21). The van der Waals surface area contributed by atoms with Gasteiger partial charge in [-0.2, -0.15) is 0 Å². The van der Waals surface area contributed by atoms with Crippen LogP contribution in [0.2, 0.25) is 0 Å². The lowest BCUT2D eigenvalue weighted by Crippen LogP contribution is -2.16. The van der Waals surface area contributed by atoms with Gasteiger partial charge in [-0.05, 0) is 29.1 Å². The van der Waals surface area contributed by atoms with E-state index in [0.717, 1.165) is 11.1 Å². The predicted molar refractivity (Wildman–Crippen MR) is 95.1 cm³/mol. The average molecular weight is 337 g/mol. The number of thiophene rings is 1. The minimum atomic E-state index is -0.125. The van der Waals surface area contributed by atoms with Crippen LogP contribution >= 0.6 is 11.3 Å². The highest BCUT2D eigenvalue weighted by atomic mass is 32.1. The third kappa shape index (κ3) is 2.86. The molecule has 0 spiro atoms. The molecule has 24 heavy (non-hydrogen) atoms. The molecule has 1 aliphatic heterocycles. The lowest BCUT2D eigenvalue weighted by Gasteiger charge is -2.19. The maximum absolute atomic E-state index is 12.7. The quantitative estimate of drug-likeness (QED) is 0.769. The largest absolute Gasteiger partial charge is 0.486 e. The predicted octanol–water partition coefficient (Wildman–Crippen LogP) is 4.44. The van der Waals surface area contributed by atoms with E-state index in [0.29, 0.717) is 35.3 Å². The zero-order valence-electron chi connectivity index (χ0n) is 12.8. The second-order valence-corrected chi connectivity index (χ2v) is 6.26. The number of carbonyl (C=O) groups excluding carboxylic acids is 1. The summed E-state index contributed by atoms with van der Waals surface area (Å²) in [4.78, 5) is 13.4. The second-order valence-electron chi connectivity index (χ2n) is 5.34. The molecule has 4 nitrogen and oxygen atoms in total. The maximum Gasteiger partial charge on any atom is 0.266 e.